The molecular weight excluding hydrogens is 329 g/mol. The van der Waals surface area contributed by atoms with Gasteiger partial charge in [-0.25, -0.2) is 4.39 Å². The molecule has 6 heteroatoms. The summed E-state index contributed by atoms with van der Waals surface area (Å²) >= 11 is 0. The minimum Gasteiger partial charge on any atom is -0.368 e. The SMILES string of the molecule is CCN(c1cccc(C)c1)c1nncc(NCCc2ccccc2F)n1. The Morgan fingerprint density at radius 2 is 1.96 bits per heavy atom. The maximum atomic E-state index is 13.7. The van der Waals surface area contributed by atoms with Crippen LogP contribution in [0.3, 0.4) is 0 Å². The minimum absolute atomic E-state index is 0.188. The van der Waals surface area contributed by atoms with Crippen molar-refractivity contribution in [2.45, 2.75) is 20.3 Å². The summed E-state index contributed by atoms with van der Waals surface area (Å²) in [5, 5.41) is 11.4. The molecule has 0 saturated heterocycles. The number of halogens is 1. The Balaban J connectivity index is 1.70. The zero-order valence-corrected chi connectivity index (χ0v) is 15.0. The van der Waals surface area contributed by atoms with E-state index in [0.29, 0.717) is 30.3 Å². The summed E-state index contributed by atoms with van der Waals surface area (Å²) in [5.74, 6) is 0.971. The topological polar surface area (TPSA) is 53.9 Å². The van der Waals surface area contributed by atoms with Crippen molar-refractivity contribution in [3.05, 3.63) is 71.7 Å². The Bertz CT molecular complexity index is 868. The normalized spacial score (nSPS) is 10.6. The predicted octanol–water partition coefficient (Wildman–Crippen LogP) is 4.13. The third kappa shape index (κ3) is 4.33. The van der Waals surface area contributed by atoms with E-state index >= 15 is 0 Å². The molecule has 0 bridgehead atoms. The van der Waals surface area contributed by atoms with E-state index in [1.54, 1.807) is 18.3 Å². The highest BCUT2D eigenvalue weighted by Gasteiger charge is 2.12. The second-order valence-electron chi connectivity index (χ2n) is 5.99. The van der Waals surface area contributed by atoms with Crippen LogP contribution in [0.1, 0.15) is 18.1 Å². The summed E-state index contributed by atoms with van der Waals surface area (Å²) in [6, 6.07) is 15.0. The highest BCUT2D eigenvalue weighted by molar-refractivity contribution is 5.58. The van der Waals surface area contributed by atoms with Crippen LogP contribution in [0.4, 0.5) is 21.8 Å². The van der Waals surface area contributed by atoms with Crippen molar-refractivity contribution in [2.24, 2.45) is 0 Å². The molecule has 0 unspecified atom stereocenters. The summed E-state index contributed by atoms with van der Waals surface area (Å²) in [4.78, 5) is 6.55. The molecule has 0 aliphatic carbocycles. The van der Waals surface area contributed by atoms with Crippen molar-refractivity contribution < 1.29 is 4.39 Å². The van der Waals surface area contributed by atoms with Crippen molar-refractivity contribution in [2.75, 3.05) is 23.3 Å². The zero-order valence-electron chi connectivity index (χ0n) is 15.0. The smallest absolute Gasteiger partial charge is 0.251 e. The summed E-state index contributed by atoms with van der Waals surface area (Å²) in [5.41, 5.74) is 2.88. The number of hydrogen-bond donors (Lipinski definition) is 1. The first-order valence-corrected chi connectivity index (χ1v) is 8.68. The largest absolute Gasteiger partial charge is 0.368 e. The van der Waals surface area contributed by atoms with Gasteiger partial charge in [-0.15, -0.1) is 5.10 Å². The molecule has 134 valence electrons. The third-order valence-electron chi connectivity index (χ3n) is 4.08. The van der Waals surface area contributed by atoms with Gasteiger partial charge in [-0.1, -0.05) is 30.3 Å². The van der Waals surface area contributed by atoms with E-state index in [1.165, 1.54) is 11.6 Å². The summed E-state index contributed by atoms with van der Waals surface area (Å²) < 4.78 is 13.7. The van der Waals surface area contributed by atoms with Gasteiger partial charge in [-0.3, -0.25) is 0 Å². The standard InChI is InChI=1S/C20H22FN5/c1-3-26(17-9-6-7-15(2)13-17)20-24-19(14-23-25-20)22-12-11-16-8-4-5-10-18(16)21/h4-10,13-14H,3,11-12H2,1-2H3,(H,22,24,25). The van der Waals surface area contributed by atoms with Gasteiger partial charge in [0.1, 0.15) is 5.82 Å². The molecule has 0 spiro atoms. The maximum Gasteiger partial charge on any atom is 0.251 e. The predicted molar refractivity (Wildman–Crippen MR) is 102 cm³/mol. The van der Waals surface area contributed by atoms with Crippen LogP contribution in [0.25, 0.3) is 0 Å². The van der Waals surface area contributed by atoms with Crippen LogP contribution in [0.5, 0.6) is 0 Å². The number of aromatic nitrogens is 3. The van der Waals surface area contributed by atoms with Crippen molar-refractivity contribution in [1.29, 1.82) is 0 Å². The second-order valence-corrected chi connectivity index (χ2v) is 5.99. The lowest BCUT2D eigenvalue weighted by Crippen LogP contribution is -2.20. The Kier molecular flexibility index (Phi) is 5.73. The summed E-state index contributed by atoms with van der Waals surface area (Å²) in [7, 11) is 0. The molecule has 2 aromatic carbocycles. The van der Waals surface area contributed by atoms with E-state index in [2.05, 4.69) is 39.6 Å². The summed E-state index contributed by atoms with van der Waals surface area (Å²) in [6.07, 6.45) is 2.15. The Morgan fingerprint density at radius 3 is 2.73 bits per heavy atom. The van der Waals surface area contributed by atoms with Crippen molar-refractivity contribution in [1.82, 2.24) is 15.2 Å². The van der Waals surface area contributed by atoms with Crippen molar-refractivity contribution in [3.63, 3.8) is 0 Å². The first kappa shape index (κ1) is 17.8. The van der Waals surface area contributed by atoms with Gasteiger partial charge < -0.3 is 10.2 Å². The fourth-order valence-electron chi connectivity index (χ4n) is 2.76. The lowest BCUT2D eigenvalue weighted by Gasteiger charge is -2.21. The number of benzene rings is 2. The molecule has 0 saturated carbocycles. The molecule has 1 heterocycles. The molecule has 0 aliphatic rings. The minimum atomic E-state index is -0.188. The molecule has 1 N–H and O–H groups in total. The Morgan fingerprint density at radius 1 is 1.12 bits per heavy atom. The van der Waals surface area contributed by atoms with Gasteiger partial charge in [0.25, 0.3) is 5.95 Å². The molecule has 0 fully saturated rings. The third-order valence-corrected chi connectivity index (χ3v) is 4.08. The monoisotopic (exact) mass is 351 g/mol. The van der Waals surface area contributed by atoms with Gasteiger partial charge >= 0.3 is 0 Å². The van der Waals surface area contributed by atoms with Gasteiger partial charge in [0, 0.05) is 18.8 Å². The highest BCUT2D eigenvalue weighted by Crippen LogP contribution is 2.22. The number of nitrogens with zero attached hydrogens (tertiary/aromatic N) is 4. The number of anilines is 3. The van der Waals surface area contributed by atoms with E-state index in [9.17, 15) is 4.39 Å². The van der Waals surface area contributed by atoms with E-state index in [4.69, 9.17) is 0 Å². The molecule has 0 atom stereocenters. The van der Waals surface area contributed by atoms with Gasteiger partial charge in [0.15, 0.2) is 5.82 Å². The van der Waals surface area contributed by atoms with E-state index in [1.807, 2.05) is 30.0 Å². The Labute approximate surface area is 152 Å². The molecule has 1 aromatic heterocycles. The number of hydrogen-bond acceptors (Lipinski definition) is 5. The highest BCUT2D eigenvalue weighted by atomic mass is 19.1. The van der Waals surface area contributed by atoms with Crippen LogP contribution < -0.4 is 10.2 Å². The van der Waals surface area contributed by atoms with E-state index in [-0.39, 0.29) is 5.82 Å². The average Bonchev–Trinajstić information content (AvgIpc) is 2.64. The first-order chi connectivity index (χ1) is 12.7. The first-order valence-electron chi connectivity index (χ1n) is 8.68. The lowest BCUT2D eigenvalue weighted by atomic mass is 10.1. The van der Waals surface area contributed by atoms with Crippen molar-refractivity contribution >= 4 is 17.5 Å². The molecule has 3 aromatic rings. The molecule has 5 nitrogen and oxygen atoms in total. The van der Waals surface area contributed by atoms with Crippen molar-refractivity contribution in [3.8, 4) is 0 Å². The average molecular weight is 351 g/mol. The Hall–Kier alpha value is -3.02. The molecule has 0 amide bonds. The molecule has 0 aliphatic heterocycles. The second kappa shape index (κ2) is 8.38. The quantitative estimate of drug-likeness (QED) is 0.693. The number of aryl methyl sites for hydroxylation is 1. The van der Waals surface area contributed by atoms with Crippen LogP contribution in [0.15, 0.2) is 54.7 Å². The lowest BCUT2D eigenvalue weighted by molar-refractivity contribution is 0.610. The number of rotatable bonds is 7. The van der Waals surface area contributed by atoms with Crippen LogP contribution in [-0.4, -0.2) is 28.3 Å². The zero-order chi connectivity index (χ0) is 18.4. The van der Waals surface area contributed by atoms with Crippen LogP contribution >= 0.6 is 0 Å². The van der Waals surface area contributed by atoms with Gasteiger partial charge in [0.2, 0.25) is 0 Å². The van der Waals surface area contributed by atoms with Crippen LogP contribution in [0, 0.1) is 12.7 Å². The van der Waals surface area contributed by atoms with Gasteiger partial charge in [-0.05, 0) is 49.6 Å². The van der Waals surface area contributed by atoms with Crippen LogP contribution in [-0.2, 0) is 6.42 Å². The van der Waals surface area contributed by atoms with Gasteiger partial charge in [-0.2, -0.15) is 10.1 Å². The molecule has 26 heavy (non-hydrogen) atoms. The summed E-state index contributed by atoms with van der Waals surface area (Å²) in [6.45, 7) is 5.39. The fourth-order valence-corrected chi connectivity index (χ4v) is 2.76. The molecule has 3 rings (SSSR count). The fraction of sp³-hybridized carbons (Fsp3) is 0.250. The molecular formula is C20H22FN5. The molecule has 0 radical (unpaired) electrons. The van der Waals surface area contributed by atoms with Crippen LogP contribution in [0.2, 0.25) is 0 Å². The van der Waals surface area contributed by atoms with E-state index < -0.39 is 0 Å². The number of nitrogens with one attached hydrogen (secondary N) is 1. The van der Waals surface area contributed by atoms with Gasteiger partial charge in [0.05, 0.1) is 6.20 Å². The van der Waals surface area contributed by atoms with E-state index in [0.717, 1.165) is 12.2 Å². The maximum absolute atomic E-state index is 13.7.